The second-order valence-corrected chi connectivity index (χ2v) is 11.7. The van der Waals surface area contributed by atoms with Crippen molar-refractivity contribution in [1.29, 1.82) is 0 Å². The molecule has 4 N–H and O–H groups in total. The highest BCUT2D eigenvalue weighted by Crippen LogP contribution is 2.46. The van der Waals surface area contributed by atoms with Crippen LogP contribution in [0.2, 0.25) is 0 Å². The predicted octanol–water partition coefficient (Wildman–Crippen LogP) is 2.60. The lowest BCUT2D eigenvalue weighted by atomic mass is 9.72. The minimum Gasteiger partial charge on any atom is -0.465 e. The van der Waals surface area contributed by atoms with Crippen LogP contribution in [0, 0.1) is 11.3 Å². The third-order valence-corrected chi connectivity index (χ3v) is 7.86. The van der Waals surface area contributed by atoms with Crippen LogP contribution in [0.5, 0.6) is 0 Å². The smallest absolute Gasteiger partial charge is 0.405 e. The molecule has 38 heavy (non-hydrogen) atoms. The Kier molecular flexibility index (Phi) is 9.35. The third-order valence-electron chi connectivity index (χ3n) is 7.86. The molecule has 10 nitrogen and oxygen atoms in total. The van der Waals surface area contributed by atoms with E-state index >= 15 is 0 Å². The first-order valence-electron chi connectivity index (χ1n) is 13.5. The Bertz CT molecular complexity index is 927. The average molecular weight is 543 g/mol. The molecule has 1 spiro atoms. The molecule has 2 aliphatic carbocycles. The van der Waals surface area contributed by atoms with Crippen molar-refractivity contribution < 1.29 is 37.9 Å². The first kappa shape index (κ1) is 29.8. The molecule has 1 heterocycles. The molecule has 4 amide bonds. The van der Waals surface area contributed by atoms with Gasteiger partial charge in [-0.15, -0.1) is 0 Å². The molecular weight excluding hydrogens is 502 g/mol. The Morgan fingerprint density at radius 3 is 2.21 bits per heavy atom. The SMILES string of the molecule is CC(C)[C@H](NC(=O)O)C(=O)N1CC2(CCCCC2)C[C@H]1C(=O)N[C@@H](CCC(C)(F)F)C(=O)C(=O)NC1CC1. The molecule has 3 atom stereocenters. The van der Waals surface area contributed by atoms with Crippen molar-refractivity contribution in [2.75, 3.05) is 6.54 Å². The maximum absolute atomic E-state index is 13.6. The first-order valence-corrected chi connectivity index (χ1v) is 13.5. The van der Waals surface area contributed by atoms with Crippen LogP contribution in [0.1, 0.15) is 85.0 Å². The molecule has 0 aromatic rings. The van der Waals surface area contributed by atoms with Crippen LogP contribution in [-0.2, 0) is 19.2 Å². The molecule has 214 valence electrons. The predicted molar refractivity (Wildman–Crippen MR) is 133 cm³/mol. The van der Waals surface area contributed by atoms with Crippen molar-refractivity contribution in [2.24, 2.45) is 11.3 Å². The van der Waals surface area contributed by atoms with Crippen molar-refractivity contribution in [3.8, 4) is 0 Å². The fourth-order valence-corrected chi connectivity index (χ4v) is 5.59. The second kappa shape index (κ2) is 11.9. The largest absolute Gasteiger partial charge is 0.465 e. The van der Waals surface area contributed by atoms with Gasteiger partial charge in [0.15, 0.2) is 0 Å². The Balaban J connectivity index is 1.83. The van der Waals surface area contributed by atoms with Crippen molar-refractivity contribution in [2.45, 2.75) is 115 Å². The summed E-state index contributed by atoms with van der Waals surface area (Å²) in [7, 11) is 0. The average Bonchev–Trinajstić information content (AvgIpc) is 3.57. The monoisotopic (exact) mass is 542 g/mol. The number of nitrogens with one attached hydrogen (secondary N) is 3. The highest BCUT2D eigenvalue weighted by molar-refractivity contribution is 6.38. The van der Waals surface area contributed by atoms with E-state index in [1.54, 1.807) is 13.8 Å². The van der Waals surface area contributed by atoms with E-state index in [2.05, 4.69) is 16.0 Å². The van der Waals surface area contributed by atoms with Crippen LogP contribution in [0.15, 0.2) is 0 Å². The number of ketones is 1. The molecule has 1 saturated heterocycles. The number of carbonyl (C=O) groups excluding carboxylic acids is 4. The van der Waals surface area contributed by atoms with Gasteiger partial charge >= 0.3 is 6.09 Å². The highest BCUT2D eigenvalue weighted by atomic mass is 19.3. The van der Waals surface area contributed by atoms with Gasteiger partial charge in [-0.2, -0.15) is 0 Å². The van der Waals surface area contributed by atoms with Crippen LogP contribution >= 0.6 is 0 Å². The summed E-state index contributed by atoms with van der Waals surface area (Å²) in [4.78, 5) is 65.2. The van der Waals surface area contributed by atoms with E-state index < -0.39 is 72.4 Å². The van der Waals surface area contributed by atoms with Crippen molar-refractivity contribution in [3.05, 3.63) is 0 Å². The Labute approximate surface area is 221 Å². The molecule has 3 rings (SSSR count). The number of hydrogen-bond acceptors (Lipinski definition) is 5. The number of halogens is 2. The zero-order valence-corrected chi connectivity index (χ0v) is 22.4. The Hall–Kier alpha value is -2.79. The fraction of sp³-hybridized carbons (Fsp3) is 0.808. The molecule has 0 aromatic heterocycles. The molecule has 0 radical (unpaired) electrons. The molecule has 0 unspecified atom stereocenters. The molecule has 3 fully saturated rings. The fourth-order valence-electron chi connectivity index (χ4n) is 5.59. The number of alkyl halides is 2. The Morgan fingerprint density at radius 2 is 1.68 bits per heavy atom. The number of carboxylic acid groups (broad SMARTS) is 1. The molecule has 0 bridgehead atoms. The van der Waals surface area contributed by atoms with Crippen LogP contribution in [-0.4, -0.2) is 76.2 Å². The van der Waals surface area contributed by atoms with Gasteiger partial charge in [-0.1, -0.05) is 33.1 Å². The molecule has 12 heteroatoms. The van der Waals surface area contributed by atoms with E-state index in [0.717, 1.165) is 44.9 Å². The number of hydrogen-bond donors (Lipinski definition) is 4. The van der Waals surface area contributed by atoms with Crippen LogP contribution in [0.4, 0.5) is 13.6 Å². The van der Waals surface area contributed by atoms with Gasteiger partial charge in [-0.25, -0.2) is 13.6 Å². The summed E-state index contributed by atoms with van der Waals surface area (Å²) in [6.07, 6.45) is 3.77. The van der Waals surface area contributed by atoms with Gasteiger partial charge in [-0.05, 0) is 56.8 Å². The van der Waals surface area contributed by atoms with Crippen molar-refractivity contribution in [1.82, 2.24) is 20.9 Å². The number of rotatable bonds is 11. The number of Topliss-reactive ketones (excluding diaryl/α,β-unsaturated/α-hetero) is 1. The normalized spacial score (nSPS) is 22.6. The zero-order valence-electron chi connectivity index (χ0n) is 22.4. The van der Waals surface area contributed by atoms with E-state index in [0.29, 0.717) is 13.3 Å². The van der Waals surface area contributed by atoms with E-state index in [4.69, 9.17) is 0 Å². The van der Waals surface area contributed by atoms with Crippen LogP contribution in [0.25, 0.3) is 0 Å². The summed E-state index contributed by atoms with van der Waals surface area (Å²) in [6.45, 7) is 4.35. The number of amides is 4. The van der Waals surface area contributed by atoms with E-state index in [1.165, 1.54) is 4.90 Å². The van der Waals surface area contributed by atoms with Gasteiger partial charge < -0.3 is 26.0 Å². The van der Waals surface area contributed by atoms with Crippen LogP contribution in [0.3, 0.4) is 0 Å². The van der Waals surface area contributed by atoms with Gasteiger partial charge in [0.25, 0.3) is 5.91 Å². The summed E-state index contributed by atoms with van der Waals surface area (Å²) >= 11 is 0. The van der Waals surface area contributed by atoms with Gasteiger partial charge in [0.05, 0.1) is 6.04 Å². The van der Waals surface area contributed by atoms with E-state index in [9.17, 15) is 37.9 Å². The number of carbonyl (C=O) groups is 5. The van der Waals surface area contributed by atoms with Gasteiger partial charge in [0.2, 0.25) is 23.5 Å². The maximum Gasteiger partial charge on any atom is 0.405 e. The highest BCUT2D eigenvalue weighted by Gasteiger charge is 2.51. The molecule has 0 aromatic carbocycles. The molecule has 2 saturated carbocycles. The molecular formula is C26H40F2N4O6. The quantitative estimate of drug-likeness (QED) is 0.296. The molecule has 3 aliphatic rings. The lowest BCUT2D eigenvalue weighted by Crippen LogP contribution is -2.57. The summed E-state index contributed by atoms with van der Waals surface area (Å²) in [6, 6.07) is -3.69. The minimum absolute atomic E-state index is 0.126. The summed E-state index contributed by atoms with van der Waals surface area (Å²) in [5, 5.41) is 16.6. The first-order chi connectivity index (χ1) is 17.7. The van der Waals surface area contributed by atoms with Gasteiger partial charge in [-0.3, -0.25) is 19.2 Å². The topological polar surface area (TPSA) is 145 Å². The number of nitrogens with zero attached hydrogens (tertiary/aromatic N) is 1. The summed E-state index contributed by atoms with van der Waals surface area (Å²) in [5.41, 5.74) is -0.319. The summed E-state index contributed by atoms with van der Waals surface area (Å²) in [5.74, 6) is -6.66. The van der Waals surface area contributed by atoms with Gasteiger partial charge in [0.1, 0.15) is 12.1 Å². The molecule has 1 aliphatic heterocycles. The number of likely N-dealkylation sites (tertiary alicyclic amines) is 1. The second-order valence-electron chi connectivity index (χ2n) is 11.7. The summed E-state index contributed by atoms with van der Waals surface area (Å²) < 4.78 is 27.3. The lowest BCUT2D eigenvalue weighted by Gasteiger charge is -2.34. The zero-order chi connectivity index (χ0) is 28.3. The Morgan fingerprint density at radius 1 is 1.05 bits per heavy atom. The van der Waals surface area contributed by atoms with Gasteiger partial charge in [0, 0.05) is 19.0 Å². The van der Waals surface area contributed by atoms with Crippen molar-refractivity contribution >= 4 is 29.6 Å². The van der Waals surface area contributed by atoms with E-state index in [-0.39, 0.29) is 18.0 Å². The standard InChI is InChI=1S/C26H40F2N4O6/c1-15(2)19(31-24(37)38)23(36)32-14-26(10-5-4-6-11-26)13-18(32)21(34)30-17(9-12-25(3,27)28)20(33)22(35)29-16-7-8-16/h15-19,31H,4-14H2,1-3H3,(H,29,35)(H,30,34)(H,37,38)/t17-,18-,19-/m0/s1. The maximum atomic E-state index is 13.6. The van der Waals surface area contributed by atoms with E-state index in [1.807, 2.05) is 0 Å². The van der Waals surface area contributed by atoms with Crippen LogP contribution < -0.4 is 16.0 Å². The third kappa shape index (κ3) is 7.86. The lowest BCUT2D eigenvalue weighted by molar-refractivity contribution is -0.143. The minimum atomic E-state index is -3.11. The van der Waals surface area contributed by atoms with Crippen molar-refractivity contribution in [3.63, 3.8) is 0 Å².